The fourth-order valence-electron chi connectivity index (χ4n) is 4.75. The van der Waals surface area contributed by atoms with E-state index in [1.807, 2.05) is 6.92 Å². The van der Waals surface area contributed by atoms with Crippen LogP contribution in [-0.4, -0.2) is 29.3 Å². The van der Waals surface area contributed by atoms with Crippen molar-refractivity contribution in [3.63, 3.8) is 0 Å². The van der Waals surface area contributed by atoms with Gasteiger partial charge in [-0.05, 0) is 42.9 Å². The molecule has 2 aromatic carbocycles. The molecule has 0 unspecified atom stereocenters. The number of hydrogen-bond donors (Lipinski definition) is 0. The first-order valence-corrected chi connectivity index (χ1v) is 15.5. The number of rotatable bonds is 20. The summed E-state index contributed by atoms with van der Waals surface area (Å²) in [5.41, 5.74) is 4.89. The van der Waals surface area contributed by atoms with Crippen LogP contribution in [0.15, 0.2) is 60.9 Å². The largest absolute Gasteiger partial charge is 0.488 e. The Morgan fingerprint density at radius 1 is 0.615 bits per heavy atom. The molecular formula is C35H50N2O2. The van der Waals surface area contributed by atoms with Crippen LogP contribution < -0.4 is 4.74 Å². The Morgan fingerprint density at radius 2 is 1.13 bits per heavy atom. The number of unbranched alkanes of at least 4 members (excludes halogenated alkanes) is 10. The summed E-state index contributed by atoms with van der Waals surface area (Å²) in [4.78, 5) is 9.03. The molecule has 0 aliphatic heterocycles. The Hall–Kier alpha value is -2.72. The molecule has 1 aromatic heterocycles. The van der Waals surface area contributed by atoms with E-state index < -0.39 is 0 Å². The second-order valence-corrected chi connectivity index (χ2v) is 10.8. The van der Waals surface area contributed by atoms with E-state index in [1.54, 1.807) is 12.4 Å². The minimum atomic E-state index is 0.0537. The molecule has 0 aliphatic carbocycles. The number of ether oxygens (including phenoxy) is 2. The molecule has 4 heteroatoms. The van der Waals surface area contributed by atoms with Crippen LogP contribution in [0.2, 0.25) is 0 Å². The number of aryl methyl sites for hydroxylation is 1. The van der Waals surface area contributed by atoms with Crippen molar-refractivity contribution in [3.8, 4) is 28.3 Å². The molecule has 0 amide bonds. The first-order valence-electron chi connectivity index (χ1n) is 15.5. The second-order valence-electron chi connectivity index (χ2n) is 10.8. The molecule has 0 saturated carbocycles. The molecule has 1 heterocycles. The van der Waals surface area contributed by atoms with Crippen molar-refractivity contribution in [3.05, 3.63) is 66.5 Å². The summed E-state index contributed by atoms with van der Waals surface area (Å²) in [5, 5.41) is 0. The summed E-state index contributed by atoms with van der Waals surface area (Å²) in [6.07, 6.45) is 20.6. The fraction of sp³-hybridized carbons (Fsp3) is 0.543. The standard InChI is InChI=1S/C35H50N2O2/c1-4-6-8-9-10-11-12-13-14-16-30-17-19-31(20-18-30)32-21-23-33(24-22-32)35-36-26-34(27-37-35)39-28-29(3)38-25-15-7-5-2/h17-24,26-27,29H,4-16,25,28H2,1-3H3/t29-/m0/s1. The molecule has 0 saturated heterocycles. The highest BCUT2D eigenvalue weighted by molar-refractivity contribution is 5.67. The summed E-state index contributed by atoms with van der Waals surface area (Å²) in [6, 6.07) is 17.5. The van der Waals surface area contributed by atoms with Crippen molar-refractivity contribution >= 4 is 0 Å². The first-order chi connectivity index (χ1) is 19.2. The van der Waals surface area contributed by atoms with Crippen molar-refractivity contribution in [2.45, 2.75) is 110 Å². The molecule has 4 nitrogen and oxygen atoms in total. The molecule has 39 heavy (non-hydrogen) atoms. The van der Waals surface area contributed by atoms with Crippen LogP contribution in [0.1, 0.15) is 103 Å². The van der Waals surface area contributed by atoms with Crippen molar-refractivity contribution in [2.75, 3.05) is 13.2 Å². The van der Waals surface area contributed by atoms with Crippen molar-refractivity contribution in [1.29, 1.82) is 0 Å². The maximum atomic E-state index is 5.81. The molecule has 0 radical (unpaired) electrons. The summed E-state index contributed by atoms with van der Waals surface area (Å²) in [7, 11) is 0. The van der Waals surface area contributed by atoms with Crippen LogP contribution in [0.3, 0.4) is 0 Å². The lowest BCUT2D eigenvalue weighted by atomic mass is 10.00. The molecule has 0 fully saturated rings. The topological polar surface area (TPSA) is 44.2 Å². The smallest absolute Gasteiger partial charge is 0.159 e. The summed E-state index contributed by atoms with van der Waals surface area (Å²) in [5.74, 6) is 1.37. The maximum Gasteiger partial charge on any atom is 0.159 e. The van der Waals surface area contributed by atoms with Crippen LogP contribution in [0.4, 0.5) is 0 Å². The van der Waals surface area contributed by atoms with Gasteiger partial charge in [-0.3, -0.25) is 0 Å². The quantitative estimate of drug-likeness (QED) is 0.136. The molecular weight excluding hydrogens is 480 g/mol. The van der Waals surface area contributed by atoms with Gasteiger partial charge < -0.3 is 9.47 Å². The van der Waals surface area contributed by atoms with E-state index in [0.29, 0.717) is 18.2 Å². The third kappa shape index (κ3) is 11.9. The molecule has 1 atom stereocenters. The van der Waals surface area contributed by atoms with Gasteiger partial charge in [-0.25, -0.2) is 9.97 Å². The Labute approximate surface area is 237 Å². The molecule has 0 bridgehead atoms. The average Bonchev–Trinajstić information content (AvgIpc) is 2.98. The highest BCUT2D eigenvalue weighted by Gasteiger charge is 2.07. The SMILES string of the molecule is CCCCCCCCCCCc1ccc(-c2ccc(-c3ncc(OC[C@H](C)OCCCCC)cn3)cc2)cc1. The number of aromatic nitrogens is 2. The third-order valence-electron chi connectivity index (χ3n) is 7.26. The first kappa shape index (κ1) is 30.8. The second kappa shape index (κ2) is 18.5. The molecule has 3 aromatic rings. The lowest BCUT2D eigenvalue weighted by Crippen LogP contribution is -2.18. The number of benzene rings is 2. The van der Waals surface area contributed by atoms with Gasteiger partial charge in [-0.15, -0.1) is 0 Å². The lowest BCUT2D eigenvalue weighted by molar-refractivity contribution is 0.0302. The van der Waals surface area contributed by atoms with Crippen molar-refractivity contribution in [2.24, 2.45) is 0 Å². The number of nitrogens with zero attached hydrogens (tertiary/aromatic N) is 2. The monoisotopic (exact) mass is 530 g/mol. The summed E-state index contributed by atoms with van der Waals surface area (Å²) >= 11 is 0. The predicted molar refractivity (Wildman–Crippen MR) is 164 cm³/mol. The van der Waals surface area contributed by atoms with Gasteiger partial charge in [0.05, 0.1) is 18.5 Å². The van der Waals surface area contributed by atoms with Gasteiger partial charge in [-0.2, -0.15) is 0 Å². The van der Waals surface area contributed by atoms with E-state index >= 15 is 0 Å². The van der Waals surface area contributed by atoms with Crippen LogP contribution in [0.5, 0.6) is 5.75 Å². The van der Waals surface area contributed by atoms with E-state index in [4.69, 9.17) is 9.47 Å². The minimum absolute atomic E-state index is 0.0537. The normalized spacial score (nSPS) is 12.0. The van der Waals surface area contributed by atoms with E-state index in [-0.39, 0.29) is 6.10 Å². The lowest BCUT2D eigenvalue weighted by Gasteiger charge is -2.14. The third-order valence-corrected chi connectivity index (χ3v) is 7.26. The van der Waals surface area contributed by atoms with E-state index in [9.17, 15) is 0 Å². The van der Waals surface area contributed by atoms with Crippen molar-refractivity contribution in [1.82, 2.24) is 9.97 Å². The summed E-state index contributed by atoms with van der Waals surface area (Å²) in [6.45, 7) is 7.80. The zero-order valence-electron chi connectivity index (χ0n) is 24.7. The van der Waals surface area contributed by atoms with E-state index in [0.717, 1.165) is 18.6 Å². The van der Waals surface area contributed by atoms with Crippen LogP contribution in [0.25, 0.3) is 22.5 Å². The van der Waals surface area contributed by atoms with Gasteiger partial charge in [0, 0.05) is 12.2 Å². The molecule has 212 valence electrons. The molecule has 0 N–H and O–H groups in total. The Kier molecular flexibility index (Phi) is 14.7. The zero-order chi connectivity index (χ0) is 27.5. The maximum absolute atomic E-state index is 5.81. The zero-order valence-corrected chi connectivity index (χ0v) is 24.7. The molecule has 0 aliphatic rings. The molecule has 3 rings (SSSR count). The Balaban J connectivity index is 1.39. The highest BCUT2D eigenvalue weighted by atomic mass is 16.5. The summed E-state index contributed by atoms with van der Waals surface area (Å²) < 4.78 is 11.6. The van der Waals surface area contributed by atoms with Gasteiger partial charge in [0.1, 0.15) is 6.61 Å². The van der Waals surface area contributed by atoms with Gasteiger partial charge in [0.15, 0.2) is 11.6 Å². The average molecular weight is 531 g/mol. The van der Waals surface area contributed by atoms with Gasteiger partial charge in [0.25, 0.3) is 0 Å². The van der Waals surface area contributed by atoms with Crippen LogP contribution >= 0.6 is 0 Å². The Bertz CT molecular complexity index is 1020. The number of hydrogen-bond acceptors (Lipinski definition) is 4. The van der Waals surface area contributed by atoms with Gasteiger partial charge >= 0.3 is 0 Å². The Morgan fingerprint density at radius 3 is 1.74 bits per heavy atom. The fourth-order valence-corrected chi connectivity index (χ4v) is 4.75. The van der Waals surface area contributed by atoms with E-state index in [1.165, 1.54) is 93.7 Å². The molecule has 0 spiro atoms. The van der Waals surface area contributed by atoms with Gasteiger partial charge in [-0.1, -0.05) is 127 Å². The highest BCUT2D eigenvalue weighted by Crippen LogP contribution is 2.24. The van der Waals surface area contributed by atoms with Crippen molar-refractivity contribution < 1.29 is 9.47 Å². The van der Waals surface area contributed by atoms with Gasteiger partial charge in [0.2, 0.25) is 0 Å². The van der Waals surface area contributed by atoms with Crippen LogP contribution in [0, 0.1) is 0 Å². The van der Waals surface area contributed by atoms with E-state index in [2.05, 4.69) is 72.3 Å². The predicted octanol–water partition coefficient (Wildman–Crippen LogP) is 9.86. The minimum Gasteiger partial charge on any atom is -0.488 e. The van der Waals surface area contributed by atoms with Crippen LogP contribution in [-0.2, 0) is 11.2 Å².